The van der Waals surface area contributed by atoms with Gasteiger partial charge in [-0.05, 0) is 24.6 Å². The molecule has 152 valence electrons. The molecular formula is C20H28N4O4. The monoisotopic (exact) mass is 388 g/mol. The summed E-state index contributed by atoms with van der Waals surface area (Å²) in [6.45, 7) is 2.20. The number of hydrogen-bond acceptors (Lipinski definition) is 5. The van der Waals surface area contributed by atoms with E-state index < -0.39 is 0 Å². The molecule has 0 bridgehead atoms. The van der Waals surface area contributed by atoms with Crippen LogP contribution in [0.2, 0.25) is 0 Å². The first-order chi connectivity index (χ1) is 13.4. The Bertz CT molecular complexity index is 765. The number of carbonyl (C=O) groups excluding carboxylic acids is 3. The number of nitrogens with one attached hydrogen (secondary N) is 1. The van der Waals surface area contributed by atoms with Gasteiger partial charge in [-0.3, -0.25) is 14.4 Å². The molecule has 1 fully saturated rings. The van der Waals surface area contributed by atoms with Gasteiger partial charge in [0.05, 0.1) is 18.2 Å². The molecule has 2 heterocycles. The lowest BCUT2D eigenvalue weighted by molar-refractivity contribution is -0.128. The average molecular weight is 388 g/mol. The minimum Gasteiger partial charge on any atom is -0.489 e. The molecule has 0 aromatic heterocycles. The van der Waals surface area contributed by atoms with Crippen molar-refractivity contribution in [1.82, 2.24) is 15.1 Å². The highest BCUT2D eigenvalue weighted by molar-refractivity contribution is 5.95. The van der Waals surface area contributed by atoms with Crippen molar-refractivity contribution in [1.29, 1.82) is 0 Å². The largest absolute Gasteiger partial charge is 0.489 e. The van der Waals surface area contributed by atoms with E-state index in [2.05, 4.69) is 5.32 Å². The SMILES string of the molecule is CN(C)C(=O)c1ccc2c(c1)N(C)[C@H](CC(=O)NCCN1CCCC1=O)CO2. The standard InChI is InChI=1S/C20H28N4O4/c1-22(2)20(27)14-6-7-17-16(11-14)23(3)15(13-28-17)12-18(25)21-8-10-24-9-4-5-19(24)26/h6-7,11,15H,4-5,8-10,12-13H2,1-3H3,(H,21,25)/t15-/m1/s1. The fraction of sp³-hybridized carbons (Fsp3) is 0.550. The van der Waals surface area contributed by atoms with Crippen LogP contribution in [0, 0.1) is 0 Å². The summed E-state index contributed by atoms with van der Waals surface area (Å²) in [6, 6.07) is 5.24. The van der Waals surface area contributed by atoms with E-state index in [0.717, 1.165) is 18.7 Å². The zero-order valence-corrected chi connectivity index (χ0v) is 16.7. The molecule has 8 nitrogen and oxygen atoms in total. The van der Waals surface area contributed by atoms with Crippen LogP contribution < -0.4 is 15.0 Å². The molecule has 0 unspecified atom stereocenters. The van der Waals surface area contributed by atoms with Crippen LogP contribution >= 0.6 is 0 Å². The van der Waals surface area contributed by atoms with E-state index in [1.54, 1.807) is 37.2 Å². The summed E-state index contributed by atoms with van der Waals surface area (Å²) in [7, 11) is 5.34. The first kappa shape index (κ1) is 20.0. The van der Waals surface area contributed by atoms with Crippen LogP contribution in [0.5, 0.6) is 5.75 Å². The first-order valence-electron chi connectivity index (χ1n) is 9.62. The number of amides is 3. The third-order valence-corrected chi connectivity index (χ3v) is 5.27. The molecule has 0 radical (unpaired) electrons. The lowest BCUT2D eigenvalue weighted by atomic mass is 10.1. The normalized spacial score (nSPS) is 18.5. The molecule has 3 rings (SSSR count). The minimum absolute atomic E-state index is 0.0731. The Hall–Kier alpha value is -2.77. The van der Waals surface area contributed by atoms with Crippen LogP contribution in [-0.2, 0) is 9.59 Å². The number of likely N-dealkylation sites (tertiary alicyclic amines) is 1. The van der Waals surface area contributed by atoms with Crippen molar-refractivity contribution in [3.63, 3.8) is 0 Å². The fourth-order valence-electron chi connectivity index (χ4n) is 3.55. The zero-order chi connectivity index (χ0) is 20.3. The molecular weight excluding hydrogens is 360 g/mol. The number of likely N-dealkylation sites (N-methyl/N-ethyl adjacent to an activating group) is 1. The molecule has 1 saturated heterocycles. The van der Waals surface area contributed by atoms with Crippen LogP contribution in [0.3, 0.4) is 0 Å². The maximum Gasteiger partial charge on any atom is 0.253 e. The van der Waals surface area contributed by atoms with E-state index in [4.69, 9.17) is 4.74 Å². The van der Waals surface area contributed by atoms with E-state index in [1.165, 1.54) is 4.90 Å². The maximum absolute atomic E-state index is 12.3. The molecule has 0 spiro atoms. The Labute approximate surface area is 165 Å². The molecule has 8 heteroatoms. The fourth-order valence-corrected chi connectivity index (χ4v) is 3.55. The van der Waals surface area contributed by atoms with Gasteiger partial charge < -0.3 is 24.8 Å². The molecule has 0 saturated carbocycles. The van der Waals surface area contributed by atoms with Crippen molar-refractivity contribution in [2.75, 3.05) is 52.3 Å². The molecule has 0 aliphatic carbocycles. The van der Waals surface area contributed by atoms with E-state index in [0.29, 0.717) is 37.4 Å². The van der Waals surface area contributed by atoms with Gasteiger partial charge in [0.2, 0.25) is 11.8 Å². The van der Waals surface area contributed by atoms with Gasteiger partial charge in [-0.2, -0.15) is 0 Å². The molecule has 1 aromatic rings. The average Bonchev–Trinajstić information content (AvgIpc) is 3.08. The van der Waals surface area contributed by atoms with Crippen LogP contribution in [0.25, 0.3) is 0 Å². The minimum atomic E-state index is -0.120. The third kappa shape index (κ3) is 4.37. The van der Waals surface area contributed by atoms with E-state index >= 15 is 0 Å². The Morgan fingerprint density at radius 3 is 2.79 bits per heavy atom. The first-order valence-corrected chi connectivity index (χ1v) is 9.62. The summed E-state index contributed by atoms with van der Waals surface area (Å²) in [5, 5.41) is 2.89. The number of fused-ring (bicyclic) bond motifs is 1. The number of nitrogens with zero attached hydrogens (tertiary/aromatic N) is 3. The molecule has 1 aromatic carbocycles. The van der Waals surface area contributed by atoms with Gasteiger partial charge in [0.25, 0.3) is 5.91 Å². The van der Waals surface area contributed by atoms with Crippen molar-refractivity contribution in [3.05, 3.63) is 23.8 Å². The van der Waals surface area contributed by atoms with Gasteiger partial charge >= 0.3 is 0 Å². The predicted octanol–water partition coefficient (Wildman–Crippen LogP) is 0.714. The summed E-state index contributed by atoms with van der Waals surface area (Å²) in [5.74, 6) is 0.722. The number of rotatable bonds is 6. The van der Waals surface area contributed by atoms with Crippen molar-refractivity contribution in [3.8, 4) is 5.75 Å². The lowest BCUT2D eigenvalue weighted by Gasteiger charge is -2.36. The van der Waals surface area contributed by atoms with Crippen molar-refractivity contribution >= 4 is 23.4 Å². The van der Waals surface area contributed by atoms with Crippen LogP contribution in [0.4, 0.5) is 5.69 Å². The zero-order valence-electron chi connectivity index (χ0n) is 16.7. The summed E-state index contributed by atoms with van der Waals surface area (Å²) in [6.07, 6.45) is 1.79. The summed E-state index contributed by atoms with van der Waals surface area (Å²) < 4.78 is 5.80. The topological polar surface area (TPSA) is 82.2 Å². The van der Waals surface area contributed by atoms with Crippen molar-refractivity contribution in [2.24, 2.45) is 0 Å². The highest BCUT2D eigenvalue weighted by Crippen LogP contribution is 2.34. The van der Waals surface area contributed by atoms with Crippen LogP contribution in [-0.4, -0.2) is 80.9 Å². The Morgan fingerprint density at radius 1 is 1.32 bits per heavy atom. The maximum atomic E-state index is 12.3. The summed E-state index contributed by atoms with van der Waals surface area (Å²) >= 11 is 0. The highest BCUT2D eigenvalue weighted by Gasteiger charge is 2.28. The van der Waals surface area contributed by atoms with Gasteiger partial charge in [-0.25, -0.2) is 0 Å². The number of carbonyl (C=O) groups is 3. The number of benzene rings is 1. The van der Waals surface area contributed by atoms with Crippen LogP contribution in [0.15, 0.2) is 18.2 Å². The van der Waals surface area contributed by atoms with E-state index in [-0.39, 0.29) is 30.2 Å². The molecule has 2 aliphatic rings. The van der Waals surface area contributed by atoms with Crippen LogP contribution in [0.1, 0.15) is 29.6 Å². The third-order valence-electron chi connectivity index (χ3n) is 5.27. The van der Waals surface area contributed by atoms with Crippen molar-refractivity contribution < 1.29 is 19.1 Å². The smallest absolute Gasteiger partial charge is 0.253 e. The van der Waals surface area contributed by atoms with Gasteiger partial charge in [0.1, 0.15) is 12.4 Å². The molecule has 3 amide bonds. The predicted molar refractivity (Wildman–Crippen MR) is 106 cm³/mol. The number of ether oxygens (including phenoxy) is 1. The Balaban J connectivity index is 1.56. The van der Waals surface area contributed by atoms with Gasteiger partial charge in [0.15, 0.2) is 0 Å². The van der Waals surface area contributed by atoms with Gasteiger partial charge in [-0.15, -0.1) is 0 Å². The summed E-state index contributed by atoms with van der Waals surface area (Å²) in [5.41, 5.74) is 1.39. The second-order valence-electron chi connectivity index (χ2n) is 7.50. The van der Waals surface area contributed by atoms with E-state index in [9.17, 15) is 14.4 Å². The lowest BCUT2D eigenvalue weighted by Crippen LogP contribution is -2.44. The van der Waals surface area contributed by atoms with E-state index in [1.807, 2.05) is 11.9 Å². The molecule has 1 N–H and O–H groups in total. The van der Waals surface area contributed by atoms with Crippen molar-refractivity contribution in [2.45, 2.75) is 25.3 Å². The quantitative estimate of drug-likeness (QED) is 0.776. The number of hydrogen-bond donors (Lipinski definition) is 1. The molecule has 1 atom stereocenters. The van der Waals surface area contributed by atoms with Gasteiger partial charge in [0, 0.05) is 52.8 Å². The Kier molecular flexibility index (Phi) is 6.06. The highest BCUT2D eigenvalue weighted by atomic mass is 16.5. The Morgan fingerprint density at radius 2 is 2.11 bits per heavy atom. The molecule has 28 heavy (non-hydrogen) atoms. The molecule has 2 aliphatic heterocycles. The van der Waals surface area contributed by atoms with Gasteiger partial charge in [-0.1, -0.05) is 0 Å². The summed E-state index contributed by atoms with van der Waals surface area (Å²) in [4.78, 5) is 41.5. The second-order valence-corrected chi connectivity index (χ2v) is 7.50. The second kappa shape index (κ2) is 8.50. The number of anilines is 1.